The van der Waals surface area contributed by atoms with Gasteiger partial charge in [0.2, 0.25) is 0 Å². The molecule has 0 saturated carbocycles. The number of carbonyl (C=O) groups is 2. The number of rotatable bonds is 7. The quantitative estimate of drug-likeness (QED) is 0.328. The van der Waals surface area contributed by atoms with Gasteiger partial charge < -0.3 is 14.5 Å². The van der Waals surface area contributed by atoms with E-state index in [-0.39, 0.29) is 11.9 Å². The summed E-state index contributed by atoms with van der Waals surface area (Å²) in [4.78, 5) is 39.4. The van der Waals surface area contributed by atoms with Crippen molar-refractivity contribution < 1.29 is 14.3 Å². The molecule has 4 aromatic rings. The zero-order valence-corrected chi connectivity index (χ0v) is 22.2. The number of thiazole rings is 1. The van der Waals surface area contributed by atoms with Crippen LogP contribution in [0.1, 0.15) is 32.5 Å². The highest BCUT2D eigenvalue weighted by Crippen LogP contribution is 2.30. The minimum atomic E-state index is -0.300. The van der Waals surface area contributed by atoms with Gasteiger partial charge in [-0.05, 0) is 50.2 Å². The van der Waals surface area contributed by atoms with Crippen molar-refractivity contribution in [3.8, 4) is 11.3 Å². The number of carbonyl (C=O) groups excluding carboxylic acids is 2. The molecule has 1 fully saturated rings. The van der Waals surface area contributed by atoms with Crippen LogP contribution in [0.5, 0.6) is 0 Å². The third-order valence-electron chi connectivity index (χ3n) is 6.42. The summed E-state index contributed by atoms with van der Waals surface area (Å²) in [7, 11) is 0. The highest BCUT2D eigenvalue weighted by Gasteiger charge is 2.20. The minimum Gasteiger partial charge on any atom is -0.462 e. The molecule has 1 aliphatic heterocycles. The maximum absolute atomic E-state index is 12.8. The molecule has 0 bridgehead atoms. The van der Waals surface area contributed by atoms with Gasteiger partial charge >= 0.3 is 5.97 Å². The van der Waals surface area contributed by atoms with Crippen molar-refractivity contribution in [1.29, 1.82) is 0 Å². The number of aryl methyl sites for hydroxylation is 1. The Labute approximate surface area is 225 Å². The molecule has 3 heterocycles. The Hall–Kier alpha value is -4.24. The number of aromatic nitrogens is 2. The molecule has 2 aromatic heterocycles. The van der Waals surface area contributed by atoms with Gasteiger partial charge in [-0.15, -0.1) is 11.3 Å². The van der Waals surface area contributed by atoms with Crippen molar-refractivity contribution in [3.05, 3.63) is 88.9 Å². The smallest absolute Gasteiger partial charge is 0.338 e. The van der Waals surface area contributed by atoms with Crippen molar-refractivity contribution in [2.24, 2.45) is 0 Å². The molecule has 1 saturated heterocycles. The van der Waals surface area contributed by atoms with Crippen molar-refractivity contribution in [2.45, 2.75) is 13.8 Å². The number of pyridine rings is 1. The summed E-state index contributed by atoms with van der Waals surface area (Å²) in [6.07, 6.45) is 1.61. The molecule has 194 valence electrons. The van der Waals surface area contributed by atoms with Gasteiger partial charge in [-0.3, -0.25) is 10.1 Å². The number of nitrogens with one attached hydrogen (secondary N) is 1. The summed E-state index contributed by atoms with van der Waals surface area (Å²) in [6, 6.07) is 21.2. The minimum absolute atomic E-state index is 0.228. The second-order valence-corrected chi connectivity index (χ2v) is 10.1. The predicted octanol–water partition coefficient (Wildman–Crippen LogP) is 5.27. The number of hydrogen-bond acceptors (Lipinski definition) is 8. The van der Waals surface area contributed by atoms with Gasteiger partial charge in [0.1, 0.15) is 5.82 Å². The first-order valence-electron chi connectivity index (χ1n) is 12.6. The Morgan fingerprint density at radius 2 is 1.61 bits per heavy atom. The first kappa shape index (κ1) is 25.4. The molecule has 5 rings (SSSR count). The Morgan fingerprint density at radius 1 is 0.921 bits per heavy atom. The SMILES string of the molecule is CCOC(=O)c1ccc(N2CCN(c3ccc(C(=O)Nc4nc(-c5ccccc5)c(C)s4)cn3)CC2)cc1. The van der Waals surface area contributed by atoms with E-state index in [1.54, 1.807) is 31.3 Å². The fourth-order valence-electron chi connectivity index (χ4n) is 4.41. The lowest BCUT2D eigenvalue weighted by atomic mass is 10.1. The van der Waals surface area contributed by atoms with Gasteiger partial charge in [0, 0.05) is 48.5 Å². The molecule has 9 heteroatoms. The number of nitrogens with zero attached hydrogens (tertiary/aromatic N) is 4. The van der Waals surface area contributed by atoms with E-state index >= 15 is 0 Å². The average molecular weight is 528 g/mol. The van der Waals surface area contributed by atoms with Gasteiger partial charge in [0.15, 0.2) is 5.13 Å². The fourth-order valence-corrected chi connectivity index (χ4v) is 5.24. The monoisotopic (exact) mass is 527 g/mol. The molecule has 38 heavy (non-hydrogen) atoms. The Balaban J connectivity index is 1.16. The van der Waals surface area contributed by atoms with Crippen LogP contribution in [-0.4, -0.2) is 54.6 Å². The lowest BCUT2D eigenvalue weighted by Crippen LogP contribution is -2.46. The Bertz CT molecular complexity index is 1400. The van der Waals surface area contributed by atoms with E-state index in [0.29, 0.717) is 22.9 Å². The maximum atomic E-state index is 12.8. The fraction of sp³-hybridized carbons (Fsp3) is 0.241. The number of hydrogen-bond donors (Lipinski definition) is 1. The van der Waals surface area contributed by atoms with E-state index in [0.717, 1.165) is 53.8 Å². The molecule has 1 amide bonds. The van der Waals surface area contributed by atoms with Crippen LogP contribution < -0.4 is 15.1 Å². The normalized spacial score (nSPS) is 13.3. The summed E-state index contributed by atoms with van der Waals surface area (Å²) < 4.78 is 5.06. The van der Waals surface area contributed by atoms with Gasteiger partial charge in [-0.25, -0.2) is 14.8 Å². The predicted molar refractivity (Wildman–Crippen MR) is 151 cm³/mol. The highest BCUT2D eigenvalue weighted by atomic mass is 32.1. The maximum Gasteiger partial charge on any atom is 0.338 e. The number of esters is 1. The molecule has 1 N–H and O–H groups in total. The van der Waals surface area contributed by atoms with Crippen molar-refractivity contribution in [1.82, 2.24) is 9.97 Å². The summed E-state index contributed by atoms with van der Waals surface area (Å²) >= 11 is 1.46. The molecular formula is C29H29N5O3S. The summed E-state index contributed by atoms with van der Waals surface area (Å²) in [5.74, 6) is 0.314. The zero-order valence-electron chi connectivity index (χ0n) is 21.4. The largest absolute Gasteiger partial charge is 0.462 e. The van der Waals surface area contributed by atoms with Crippen molar-refractivity contribution >= 4 is 39.9 Å². The topological polar surface area (TPSA) is 87.7 Å². The van der Waals surface area contributed by atoms with Crippen LogP contribution in [0.25, 0.3) is 11.3 Å². The standard InChI is InChI=1S/C29H29N5O3S/c1-3-37-28(36)22-9-12-24(13-10-22)33-15-17-34(18-16-33)25-14-11-23(19-30-25)27(35)32-29-31-26(20(2)38-29)21-7-5-4-6-8-21/h4-14,19H,3,15-18H2,1-2H3,(H,31,32,35). The lowest BCUT2D eigenvalue weighted by molar-refractivity contribution is 0.0526. The van der Waals surface area contributed by atoms with Gasteiger partial charge in [-0.2, -0.15) is 0 Å². The number of amides is 1. The number of ether oxygens (including phenoxy) is 1. The second kappa shape index (κ2) is 11.4. The van der Waals surface area contributed by atoms with Crippen LogP contribution in [0.2, 0.25) is 0 Å². The van der Waals surface area contributed by atoms with Crippen LogP contribution in [0.3, 0.4) is 0 Å². The van der Waals surface area contributed by atoms with Gasteiger partial charge in [0.05, 0.1) is 23.4 Å². The van der Waals surface area contributed by atoms with Gasteiger partial charge in [0.25, 0.3) is 5.91 Å². The van der Waals surface area contributed by atoms with E-state index in [9.17, 15) is 9.59 Å². The van der Waals surface area contributed by atoms with Crippen molar-refractivity contribution in [2.75, 3.05) is 47.9 Å². The van der Waals surface area contributed by atoms with E-state index < -0.39 is 0 Å². The van der Waals surface area contributed by atoms with Gasteiger partial charge in [-0.1, -0.05) is 30.3 Å². The lowest BCUT2D eigenvalue weighted by Gasteiger charge is -2.36. The summed E-state index contributed by atoms with van der Waals surface area (Å²) in [5, 5.41) is 3.48. The molecule has 2 aromatic carbocycles. The second-order valence-electron chi connectivity index (χ2n) is 8.89. The summed E-state index contributed by atoms with van der Waals surface area (Å²) in [5.41, 5.74) is 4.04. The van der Waals surface area contributed by atoms with Crippen LogP contribution >= 0.6 is 11.3 Å². The van der Waals surface area contributed by atoms with E-state index in [1.807, 2.05) is 55.5 Å². The molecule has 0 aliphatic carbocycles. The Kier molecular flexibility index (Phi) is 7.65. The third-order valence-corrected chi connectivity index (χ3v) is 7.31. The Morgan fingerprint density at radius 3 is 2.26 bits per heavy atom. The molecule has 0 unspecified atom stereocenters. The van der Waals surface area contributed by atoms with Crippen LogP contribution in [0, 0.1) is 6.92 Å². The van der Waals surface area contributed by atoms with Crippen LogP contribution in [0.15, 0.2) is 72.9 Å². The molecular weight excluding hydrogens is 498 g/mol. The molecule has 0 atom stereocenters. The molecule has 8 nitrogen and oxygen atoms in total. The zero-order chi connectivity index (χ0) is 26.5. The van der Waals surface area contributed by atoms with E-state index in [1.165, 1.54) is 11.3 Å². The number of benzene rings is 2. The van der Waals surface area contributed by atoms with E-state index in [4.69, 9.17) is 4.74 Å². The van der Waals surface area contributed by atoms with Crippen LogP contribution in [0.4, 0.5) is 16.6 Å². The summed E-state index contributed by atoms with van der Waals surface area (Å²) in [6.45, 7) is 7.44. The number of anilines is 3. The molecule has 0 spiro atoms. The highest BCUT2D eigenvalue weighted by molar-refractivity contribution is 7.16. The first-order chi connectivity index (χ1) is 18.5. The van der Waals surface area contributed by atoms with Crippen LogP contribution in [-0.2, 0) is 4.74 Å². The van der Waals surface area contributed by atoms with Crippen molar-refractivity contribution in [3.63, 3.8) is 0 Å². The van der Waals surface area contributed by atoms with E-state index in [2.05, 4.69) is 25.1 Å². The molecule has 0 radical (unpaired) electrons. The average Bonchev–Trinajstić information content (AvgIpc) is 3.33. The first-order valence-corrected chi connectivity index (χ1v) is 13.4. The molecule has 1 aliphatic rings. The number of piperazine rings is 1. The third kappa shape index (κ3) is 5.68.